The van der Waals surface area contributed by atoms with Crippen LogP contribution in [0.4, 0.5) is 0 Å². The quantitative estimate of drug-likeness (QED) is 0.793. The monoisotopic (exact) mass is 254 g/mol. The number of carbonyl (C=O) groups is 2. The minimum Gasteiger partial charge on any atom is -0.480 e. The topological polar surface area (TPSA) is 60.9 Å². The van der Waals surface area contributed by atoms with Gasteiger partial charge in [0.05, 0.1) is 6.54 Å². The van der Waals surface area contributed by atoms with Crippen molar-refractivity contribution < 1.29 is 14.7 Å². The second kappa shape index (κ2) is 4.88. The van der Waals surface area contributed by atoms with E-state index >= 15 is 0 Å². The Bertz CT molecular complexity index is 354. The SMILES string of the molecule is CCN(C(=O)CN1CCCC1(C)C(=O)O)C1CC1. The molecule has 1 aliphatic heterocycles. The van der Waals surface area contributed by atoms with E-state index in [2.05, 4.69) is 0 Å². The fraction of sp³-hybridized carbons (Fsp3) is 0.846. The first-order valence-electron chi connectivity index (χ1n) is 6.77. The van der Waals surface area contributed by atoms with Crippen LogP contribution >= 0.6 is 0 Å². The molecule has 1 heterocycles. The van der Waals surface area contributed by atoms with Gasteiger partial charge in [0, 0.05) is 12.6 Å². The average molecular weight is 254 g/mol. The van der Waals surface area contributed by atoms with E-state index in [1.54, 1.807) is 6.92 Å². The van der Waals surface area contributed by atoms with E-state index in [9.17, 15) is 14.7 Å². The van der Waals surface area contributed by atoms with Gasteiger partial charge in [0.15, 0.2) is 0 Å². The van der Waals surface area contributed by atoms with Crippen LogP contribution in [0.3, 0.4) is 0 Å². The number of carboxylic acids is 1. The number of hydrogen-bond donors (Lipinski definition) is 1. The number of likely N-dealkylation sites (N-methyl/N-ethyl adjacent to an activating group) is 1. The molecule has 18 heavy (non-hydrogen) atoms. The molecular formula is C13H22N2O3. The molecule has 2 aliphatic rings. The third kappa shape index (κ3) is 2.36. The summed E-state index contributed by atoms with van der Waals surface area (Å²) < 4.78 is 0. The van der Waals surface area contributed by atoms with Crippen molar-refractivity contribution in [1.29, 1.82) is 0 Å². The molecule has 1 atom stereocenters. The Morgan fingerprint density at radius 2 is 2.11 bits per heavy atom. The van der Waals surface area contributed by atoms with Crippen molar-refractivity contribution in [2.24, 2.45) is 0 Å². The lowest BCUT2D eigenvalue weighted by Crippen LogP contribution is -2.52. The van der Waals surface area contributed by atoms with Crippen molar-refractivity contribution in [3.05, 3.63) is 0 Å². The fourth-order valence-electron chi connectivity index (χ4n) is 2.79. The Balaban J connectivity index is 1.99. The first kappa shape index (κ1) is 13.3. The highest BCUT2D eigenvalue weighted by Gasteiger charge is 2.45. The smallest absolute Gasteiger partial charge is 0.323 e. The maximum atomic E-state index is 12.2. The molecule has 2 fully saturated rings. The second-order valence-corrected chi connectivity index (χ2v) is 5.52. The van der Waals surface area contributed by atoms with Gasteiger partial charge in [0.1, 0.15) is 5.54 Å². The van der Waals surface area contributed by atoms with Crippen molar-refractivity contribution in [2.45, 2.75) is 51.1 Å². The molecule has 5 nitrogen and oxygen atoms in total. The van der Waals surface area contributed by atoms with Crippen LogP contribution in [-0.4, -0.2) is 58.0 Å². The third-order valence-electron chi connectivity index (χ3n) is 4.23. The van der Waals surface area contributed by atoms with Gasteiger partial charge < -0.3 is 10.0 Å². The zero-order valence-corrected chi connectivity index (χ0v) is 11.2. The third-order valence-corrected chi connectivity index (χ3v) is 4.23. The fourth-order valence-corrected chi connectivity index (χ4v) is 2.79. The number of carbonyl (C=O) groups excluding carboxylic acids is 1. The summed E-state index contributed by atoms with van der Waals surface area (Å²) in [6, 6.07) is 0.404. The molecule has 5 heteroatoms. The molecule has 0 radical (unpaired) electrons. The van der Waals surface area contributed by atoms with E-state index in [4.69, 9.17) is 0 Å². The lowest BCUT2D eigenvalue weighted by atomic mass is 9.99. The summed E-state index contributed by atoms with van der Waals surface area (Å²) in [6.07, 6.45) is 3.67. The molecule has 1 N–H and O–H groups in total. The minimum absolute atomic E-state index is 0.0781. The molecule has 1 aliphatic carbocycles. The van der Waals surface area contributed by atoms with Crippen LogP contribution in [0.5, 0.6) is 0 Å². The molecule has 0 aromatic rings. The van der Waals surface area contributed by atoms with E-state index in [1.807, 2.05) is 16.7 Å². The number of rotatable bonds is 5. The summed E-state index contributed by atoms with van der Waals surface area (Å²) in [5, 5.41) is 9.31. The van der Waals surface area contributed by atoms with Crippen LogP contribution in [0, 0.1) is 0 Å². The summed E-state index contributed by atoms with van der Waals surface area (Å²) >= 11 is 0. The molecule has 1 unspecified atom stereocenters. The van der Waals surface area contributed by atoms with Crippen molar-refractivity contribution in [1.82, 2.24) is 9.80 Å². The highest BCUT2D eigenvalue weighted by Crippen LogP contribution is 2.30. The number of carboxylic acid groups (broad SMARTS) is 1. The van der Waals surface area contributed by atoms with Gasteiger partial charge in [-0.2, -0.15) is 0 Å². The standard InChI is InChI=1S/C13H22N2O3/c1-3-15(10-5-6-10)11(16)9-14-8-4-7-13(14,2)12(17)18/h10H,3-9H2,1-2H3,(H,17,18). The number of aliphatic carboxylic acids is 1. The largest absolute Gasteiger partial charge is 0.480 e. The number of hydrogen-bond acceptors (Lipinski definition) is 3. The molecule has 0 aromatic heterocycles. The molecular weight excluding hydrogens is 232 g/mol. The summed E-state index contributed by atoms with van der Waals surface area (Å²) in [5.74, 6) is -0.739. The van der Waals surface area contributed by atoms with Gasteiger partial charge in [-0.25, -0.2) is 0 Å². The molecule has 0 bridgehead atoms. The van der Waals surface area contributed by atoms with Crippen molar-refractivity contribution in [2.75, 3.05) is 19.6 Å². The van der Waals surface area contributed by atoms with E-state index < -0.39 is 11.5 Å². The van der Waals surface area contributed by atoms with Gasteiger partial charge >= 0.3 is 5.97 Å². The first-order valence-corrected chi connectivity index (χ1v) is 6.77. The normalized spacial score (nSPS) is 28.3. The Labute approximate surface area is 108 Å². The summed E-state index contributed by atoms with van der Waals surface area (Å²) in [7, 11) is 0. The zero-order valence-electron chi connectivity index (χ0n) is 11.2. The summed E-state index contributed by atoms with van der Waals surface area (Å²) in [6.45, 7) is 5.38. The highest BCUT2D eigenvalue weighted by molar-refractivity contribution is 5.82. The lowest BCUT2D eigenvalue weighted by molar-refractivity contribution is -0.150. The van der Waals surface area contributed by atoms with Gasteiger partial charge in [0.25, 0.3) is 0 Å². The maximum Gasteiger partial charge on any atom is 0.323 e. The van der Waals surface area contributed by atoms with Gasteiger partial charge in [-0.3, -0.25) is 14.5 Å². The minimum atomic E-state index is -0.862. The van der Waals surface area contributed by atoms with E-state index in [1.165, 1.54) is 0 Å². The highest BCUT2D eigenvalue weighted by atomic mass is 16.4. The molecule has 102 valence electrons. The number of nitrogens with zero attached hydrogens (tertiary/aromatic N) is 2. The molecule has 1 saturated heterocycles. The Kier molecular flexibility index (Phi) is 3.61. The predicted octanol–water partition coefficient (Wildman–Crippen LogP) is 0.936. The van der Waals surface area contributed by atoms with Crippen LogP contribution in [0.1, 0.15) is 39.5 Å². The molecule has 1 amide bonds. The molecule has 1 saturated carbocycles. The van der Waals surface area contributed by atoms with Gasteiger partial charge in [-0.15, -0.1) is 0 Å². The Morgan fingerprint density at radius 3 is 2.61 bits per heavy atom. The lowest BCUT2D eigenvalue weighted by Gasteiger charge is -2.32. The van der Waals surface area contributed by atoms with Crippen LogP contribution in [0.25, 0.3) is 0 Å². The van der Waals surface area contributed by atoms with Crippen molar-refractivity contribution >= 4 is 11.9 Å². The zero-order chi connectivity index (χ0) is 13.3. The van der Waals surface area contributed by atoms with Crippen LogP contribution in [0.15, 0.2) is 0 Å². The van der Waals surface area contributed by atoms with E-state index in [-0.39, 0.29) is 12.5 Å². The van der Waals surface area contributed by atoms with Crippen molar-refractivity contribution in [3.63, 3.8) is 0 Å². The van der Waals surface area contributed by atoms with Crippen LogP contribution in [0.2, 0.25) is 0 Å². The maximum absolute atomic E-state index is 12.2. The van der Waals surface area contributed by atoms with Crippen molar-refractivity contribution in [3.8, 4) is 0 Å². The summed E-state index contributed by atoms with van der Waals surface area (Å²) in [4.78, 5) is 27.3. The Morgan fingerprint density at radius 1 is 1.44 bits per heavy atom. The number of likely N-dealkylation sites (tertiary alicyclic amines) is 1. The van der Waals surface area contributed by atoms with E-state index in [0.717, 1.165) is 25.8 Å². The number of amides is 1. The first-order chi connectivity index (χ1) is 8.49. The van der Waals surface area contributed by atoms with Gasteiger partial charge in [-0.1, -0.05) is 0 Å². The van der Waals surface area contributed by atoms with Crippen LogP contribution < -0.4 is 0 Å². The van der Waals surface area contributed by atoms with Crippen LogP contribution in [-0.2, 0) is 9.59 Å². The predicted molar refractivity (Wildman–Crippen MR) is 67.3 cm³/mol. The summed E-state index contributed by atoms with van der Waals surface area (Å²) in [5.41, 5.74) is -0.862. The van der Waals surface area contributed by atoms with Gasteiger partial charge in [-0.05, 0) is 46.1 Å². The molecule has 0 aromatic carbocycles. The molecule has 0 spiro atoms. The van der Waals surface area contributed by atoms with Gasteiger partial charge in [0.2, 0.25) is 5.91 Å². The molecule has 2 rings (SSSR count). The second-order valence-electron chi connectivity index (χ2n) is 5.52. The average Bonchev–Trinajstić information content (AvgIpc) is 3.06. The Hall–Kier alpha value is -1.10. The van der Waals surface area contributed by atoms with E-state index in [0.29, 0.717) is 19.0 Å².